The molecule has 0 unspecified atom stereocenters. The number of nitrogens with one attached hydrogen (secondary N) is 2. The van der Waals surface area contributed by atoms with Crippen LogP contribution >= 0.6 is 11.3 Å². The Bertz CT molecular complexity index is 872. The fraction of sp³-hybridized carbons (Fsp3) is 0.375. The van der Waals surface area contributed by atoms with Crippen molar-refractivity contribution in [3.8, 4) is 0 Å². The van der Waals surface area contributed by atoms with Crippen molar-refractivity contribution in [1.82, 2.24) is 25.5 Å². The van der Waals surface area contributed by atoms with E-state index in [-0.39, 0.29) is 11.9 Å². The average Bonchev–Trinajstić information content (AvgIpc) is 3.32. The fourth-order valence-electron chi connectivity index (χ4n) is 3.15. The lowest BCUT2D eigenvalue weighted by Crippen LogP contribution is -2.43. The Labute approximate surface area is 143 Å². The van der Waals surface area contributed by atoms with Gasteiger partial charge < -0.3 is 10.2 Å². The third-order valence-corrected chi connectivity index (χ3v) is 5.28. The summed E-state index contributed by atoms with van der Waals surface area (Å²) in [4.78, 5) is 24.5. The molecule has 0 bridgehead atoms. The molecule has 1 saturated heterocycles. The van der Waals surface area contributed by atoms with Crippen LogP contribution in [0, 0.1) is 6.92 Å². The number of thiophene rings is 1. The summed E-state index contributed by atoms with van der Waals surface area (Å²) in [5, 5.41) is 12.9. The summed E-state index contributed by atoms with van der Waals surface area (Å²) in [5.74, 6) is 0.897. The molecule has 7 nitrogen and oxygen atoms in total. The first-order valence-corrected chi connectivity index (χ1v) is 8.83. The van der Waals surface area contributed by atoms with Crippen LogP contribution in [0.2, 0.25) is 0 Å². The zero-order chi connectivity index (χ0) is 16.5. The Hall–Kier alpha value is -2.48. The van der Waals surface area contributed by atoms with Crippen LogP contribution in [-0.2, 0) is 11.3 Å². The molecule has 1 atom stereocenters. The van der Waals surface area contributed by atoms with Gasteiger partial charge in [-0.1, -0.05) is 0 Å². The predicted molar refractivity (Wildman–Crippen MR) is 93.0 cm³/mol. The standard InChI is InChI=1S/C16H18N6OS/c1-10-11(8-20-21-10)7-17-15(23)13-3-2-5-22(13)14-12-4-6-24-16(12)19-9-18-14/h4,6,8-9,13H,2-3,5,7H2,1H3,(H,17,23)(H,20,21)/t13-/m1/s1. The Balaban J connectivity index is 1.53. The van der Waals surface area contributed by atoms with Gasteiger partial charge in [-0.2, -0.15) is 5.10 Å². The van der Waals surface area contributed by atoms with E-state index >= 15 is 0 Å². The number of carbonyl (C=O) groups is 1. The maximum absolute atomic E-state index is 12.7. The van der Waals surface area contributed by atoms with Gasteiger partial charge in [0.25, 0.3) is 0 Å². The van der Waals surface area contributed by atoms with Crippen molar-refractivity contribution >= 4 is 33.3 Å². The number of aryl methyl sites for hydroxylation is 1. The molecule has 0 aromatic carbocycles. The van der Waals surface area contributed by atoms with E-state index in [1.165, 1.54) is 0 Å². The molecule has 0 radical (unpaired) electrons. The number of H-pyrrole nitrogens is 1. The summed E-state index contributed by atoms with van der Waals surface area (Å²) < 4.78 is 0. The fourth-order valence-corrected chi connectivity index (χ4v) is 3.88. The maximum atomic E-state index is 12.7. The van der Waals surface area contributed by atoms with Crippen LogP contribution in [0.5, 0.6) is 0 Å². The zero-order valence-electron chi connectivity index (χ0n) is 13.3. The number of fused-ring (bicyclic) bond motifs is 1. The van der Waals surface area contributed by atoms with E-state index in [1.54, 1.807) is 23.9 Å². The molecule has 2 N–H and O–H groups in total. The van der Waals surface area contributed by atoms with Gasteiger partial charge in [0.2, 0.25) is 5.91 Å². The summed E-state index contributed by atoms with van der Waals surface area (Å²) in [6.07, 6.45) is 5.15. The Morgan fingerprint density at radius 2 is 2.42 bits per heavy atom. The number of aromatic nitrogens is 4. The highest BCUT2D eigenvalue weighted by Crippen LogP contribution is 2.31. The lowest BCUT2D eigenvalue weighted by molar-refractivity contribution is -0.122. The zero-order valence-corrected chi connectivity index (χ0v) is 14.1. The summed E-state index contributed by atoms with van der Waals surface area (Å²) in [6.45, 7) is 3.28. The van der Waals surface area contributed by atoms with Gasteiger partial charge in [-0.25, -0.2) is 9.97 Å². The van der Waals surface area contributed by atoms with Crippen LogP contribution in [-0.4, -0.2) is 38.7 Å². The monoisotopic (exact) mass is 342 g/mol. The van der Waals surface area contributed by atoms with E-state index in [9.17, 15) is 4.79 Å². The van der Waals surface area contributed by atoms with Gasteiger partial charge in [0.05, 0.1) is 11.6 Å². The number of rotatable bonds is 4. The summed E-state index contributed by atoms with van der Waals surface area (Å²) >= 11 is 1.59. The SMILES string of the molecule is Cc1[nH]ncc1CNC(=O)[C@H]1CCCN1c1ncnc2sccc12. The number of hydrogen-bond acceptors (Lipinski definition) is 6. The smallest absolute Gasteiger partial charge is 0.243 e. The van der Waals surface area contributed by atoms with Crippen molar-refractivity contribution < 1.29 is 4.79 Å². The molecule has 3 aromatic rings. The molecule has 1 amide bonds. The predicted octanol–water partition coefficient (Wildman–Crippen LogP) is 2.01. The second-order valence-corrected chi connectivity index (χ2v) is 6.82. The van der Waals surface area contributed by atoms with Gasteiger partial charge in [0.15, 0.2) is 0 Å². The van der Waals surface area contributed by atoms with Crippen molar-refractivity contribution in [3.63, 3.8) is 0 Å². The first-order chi connectivity index (χ1) is 11.7. The number of nitrogens with zero attached hydrogens (tertiary/aromatic N) is 4. The largest absolute Gasteiger partial charge is 0.350 e. The molecule has 24 heavy (non-hydrogen) atoms. The Kier molecular flexibility index (Phi) is 3.89. The Morgan fingerprint density at radius 3 is 3.25 bits per heavy atom. The molecule has 124 valence electrons. The first-order valence-electron chi connectivity index (χ1n) is 7.95. The summed E-state index contributed by atoms with van der Waals surface area (Å²) in [7, 11) is 0. The molecule has 3 aromatic heterocycles. The van der Waals surface area contributed by atoms with Crippen LogP contribution in [0.4, 0.5) is 5.82 Å². The van der Waals surface area contributed by atoms with Crippen molar-refractivity contribution in [2.75, 3.05) is 11.4 Å². The number of anilines is 1. The van der Waals surface area contributed by atoms with E-state index in [1.807, 2.05) is 18.4 Å². The van der Waals surface area contributed by atoms with Gasteiger partial charge >= 0.3 is 0 Å². The maximum Gasteiger partial charge on any atom is 0.243 e. The summed E-state index contributed by atoms with van der Waals surface area (Å²) in [5.41, 5.74) is 1.99. The van der Waals surface area contributed by atoms with E-state index in [4.69, 9.17) is 0 Å². The molecule has 1 fully saturated rings. The van der Waals surface area contributed by atoms with Gasteiger partial charge in [-0.3, -0.25) is 9.89 Å². The Morgan fingerprint density at radius 1 is 1.50 bits per heavy atom. The van der Waals surface area contributed by atoms with E-state index < -0.39 is 0 Å². The number of aromatic amines is 1. The van der Waals surface area contributed by atoms with Gasteiger partial charge in [-0.15, -0.1) is 11.3 Å². The van der Waals surface area contributed by atoms with Crippen LogP contribution in [0.3, 0.4) is 0 Å². The minimum atomic E-state index is -0.185. The van der Waals surface area contributed by atoms with Crippen molar-refractivity contribution in [1.29, 1.82) is 0 Å². The highest BCUT2D eigenvalue weighted by atomic mass is 32.1. The second-order valence-electron chi connectivity index (χ2n) is 5.93. The van der Waals surface area contributed by atoms with Gasteiger partial charge in [-0.05, 0) is 31.2 Å². The van der Waals surface area contributed by atoms with Crippen LogP contribution in [0.1, 0.15) is 24.1 Å². The molecule has 1 aliphatic heterocycles. The van der Waals surface area contributed by atoms with Crippen LogP contribution < -0.4 is 10.2 Å². The van der Waals surface area contributed by atoms with Crippen LogP contribution in [0.15, 0.2) is 24.0 Å². The minimum Gasteiger partial charge on any atom is -0.350 e. The molecule has 8 heteroatoms. The molecule has 4 rings (SSSR count). The van der Waals surface area contributed by atoms with Crippen LogP contribution in [0.25, 0.3) is 10.2 Å². The van der Waals surface area contributed by atoms with Gasteiger partial charge in [0.1, 0.15) is 23.0 Å². The number of amides is 1. The third-order valence-electron chi connectivity index (χ3n) is 4.46. The number of hydrogen-bond donors (Lipinski definition) is 2. The molecule has 4 heterocycles. The number of carbonyl (C=O) groups excluding carboxylic acids is 1. The molecular formula is C16H18N6OS. The first kappa shape index (κ1) is 15.1. The second kappa shape index (κ2) is 6.20. The van der Waals surface area contributed by atoms with E-state index in [0.29, 0.717) is 6.54 Å². The van der Waals surface area contributed by atoms with Gasteiger partial charge in [0, 0.05) is 24.3 Å². The molecule has 1 aliphatic rings. The molecule has 0 spiro atoms. The third kappa shape index (κ3) is 2.62. The minimum absolute atomic E-state index is 0.0371. The quantitative estimate of drug-likeness (QED) is 0.757. The lowest BCUT2D eigenvalue weighted by atomic mass is 10.2. The highest BCUT2D eigenvalue weighted by molar-refractivity contribution is 7.16. The molecule has 0 aliphatic carbocycles. The van der Waals surface area contributed by atoms with Crippen molar-refractivity contribution in [3.05, 3.63) is 35.2 Å². The van der Waals surface area contributed by atoms with Crippen molar-refractivity contribution in [2.24, 2.45) is 0 Å². The topological polar surface area (TPSA) is 86.8 Å². The molecule has 0 saturated carbocycles. The lowest BCUT2D eigenvalue weighted by Gasteiger charge is -2.25. The highest BCUT2D eigenvalue weighted by Gasteiger charge is 2.32. The van der Waals surface area contributed by atoms with E-state index in [2.05, 4.69) is 30.4 Å². The molecular weight excluding hydrogens is 324 g/mol. The van der Waals surface area contributed by atoms with Crippen molar-refractivity contribution in [2.45, 2.75) is 32.4 Å². The average molecular weight is 342 g/mol. The normalized spacial score (nSPS) is 17.5. The summed E-state index contributed by atoms with van der Waals surface area (Å²) in [6, 6.07) is 1.84. The van der Waals surface area contributed by atoms with E-state index in [0.717, 1.165) is 46.7 Å².